The summed E-state index contributed by atoms with van der Waals surface area (Å²) in [5.74, 6) is 2.19. The average Bonchev–Trinajstić information content (AvgIpc) is 2.45. The molecule has 1 aromatic rings. The second-order valence-electron chi connectivity index (χ2n) is 6.30. The molecule has 0 saturated heterocycles. The molecule has 0 saturated carbocycles. The van der Waals surface area contributed by atoms with Crippen LogP contribution in [-0.4, -0.2) is 37.6 Å². The van der Waals surface area contributed by atoms with E-state index in [0.29, 0.717) is 35.5 Å². The van der Waals surface area contributed by atoms with Gasteiger partial charge in [0.05, 0.1) is 13.7 Å². The Balaban J connectivity index is 3.02. The van der Waals surface area contributed by atoms with Gasteiger partial charge in [-0.05, 0) is 37.0 Å². The van der Waals surface area contributed by atoms with Crippen LogP contribution in [0.5, 0.6) is 11.5 Å². The maximum absolute atomic E-state index is 12.8. The Bertz CT molecular complexity index is 473. The van der Waals surface area contributed by atoms with Crippen LogP contribution < -0.4 is 9.47 Å². The highest BCUT2D eigenvalue weighted by atomic mass is 16.5. The third kappa shape index (κ3) is 5.24. The third-order valence-electron chi connectivity index (χ3n) is 3.17. The van der Waals surface area contributed by atoms with E-state index in [9.17, 15) is 4.79 Å². The van der Waals surface area contributed by atoms with Gasteiger partial charge in [-0.2, -0.15) is 0 Å². The second-order valence-corrected chi connectivity index (χ2v) is 6.30. The van der Waals surface area contributed by atoms with Crippen LogP contribution in [0.1, 0.15) is 45.0 Å². The van der Waals surface area contributed by atoms with Crippen LogP contribution in [-0.2, 0) is 0 Å². The number of carbonyl (C=O) groups excluding carboxylic acids is 1. The lowest BCUT2D eigenvalue weighted by atomic mass is 10.1. The minimum Gasteiger partial charge on any atom is -0.493 e. The highest BCUT2D eigenvalue weighted by Gasteiger charge is 2.19. The zero-order valence-electron chi connectivity index (χ0n) is 14.7. The van der Waals surface area contributed by atoms with Gasteiger partial charge >= 0.3 is 0 Å². The zero-order chi connectivity index (χ0) is 16.7. The number of hydrogen-bond acceptors (Lipinski definition) is 3. The number of ether oxygens (including phenoxy) is 2. The van der Waals surface area contributed by atoms with E-state index in [2.05, 4.69) is 27.7 Å². The molecule has 0 N–H and O–H groups in total. The molecule has 4 nitrogen and oxygen atoms in total. The minimum absolute atomic E-state index is 0.0451. The number of methoxy groups -OCH3 is 1. The van der Waals surface area contributed by atoms with Crippen LogP contribution in [0.25, 0.3) is 0 Å². The Morgan fingerprint density at radius 3 is 2.14 bits per heavy atom. The monoisotopic (exact) mass is 307 g/mol. The van der Waals surface area contributed by atoms with Gasteiger partial charge in [0, 0.05) is 18.7 Å². The van der Waals surface area contributed by atoms with Gasteiger partial charge in [0.25, 0.3) is 5.91 Å². The summed E-state index contributed by atoms with van der Waals surface area (Å²) in [4.78, 5) is 14.7. The highest BCUT2D eigenvalue weighted by Crippen LogP contribution is 2.28. The molecule has 1 amide bonds. The first-order valence-corrected chi connectivity index (χ1v) is 7.99. The lowest BCUT2D eigenvalue weighted by molar-refractivity contribution is 0.0714. The van der Waals surface area contributed by atoms with E-state index >= 15 is 0 Å². The van der Waals surface area contributed by atoms with Crippen LogP contribution >= 0.6 is 0 Å². The minimum atomic E-state index is 0.0451. The summed E-state index contributed by atoms with van der Waals surface area (Å²) in [6.45, 7) is 12.5. The number of amides is 1. The second kappa shape index (κ2) is 8.66. The van der Waals surface area contributed by atoms with Gasteiger partial charge in [0.15, 0.2) is 11.5 Å². The lowest BCUT2D eigenvalue weighted by Gasteiger charge is -2.26. The van der Waals surface area contributed by atoms with Crippen LogP contribution in [0.3, 0.4) is 0 Å². The van der Waals surface area contributed by atoms with Gasteiger partial charge in [-0.1, -0.05) is 27.7 Å². The van der Waals surface area contributed by atoms with Crippen molar-refractivity contribution in [1.29, 1.82) is 0 Å². The van der Waals surface area contributed by atoms with Crippen molar-refractivity contribution in [2.24, 2.45) is 11.8 Å². The molecular weight excluding hydrogens is 278 g/mol. The van der Waals surface area contributed by atoms with E-state index < -0.39 is 0 Å². The highest BCUT2D eigenvalue weighted by molar-refractivity contribution is 5.95. The predicted octanol–water partition coefficient (Wildman–Crippen LogP) is 3.85. The number of nitrogens with zero attached hydrogens (tertiary/aromatic N) is 1. The van der Waals surface area contributed by atoms with Crippen molar-refractivity contribution in [3.63, 3.8) is 0 Å². The van der Waals surface area contributed by atoms with E-state index in [0.717, 1.165) is 13.1 Å². The van der Waals surface area contributed by atoms with Crippen molar-refractivity contribution >= 4 is 5.91 Å². The molecule has 0 atom stereocenters. The molecule has 22 heavy (non-hydrogen) atoms. The van der Waals surface area contributed by atoms with Gasteiger partial charge in [-0.25, -0.2) is 0 Å². The molecule has 0 spiro atoms. The van der Waals surface area contributed by atoms with Crippen molar-refractivity contribution in [1.82, 2.24) is 4.90 Å². The van der Waals surface area contributed by atoms with Crippen molar-refractivity contribution in [2.75, 3.05) is 26.8 Å². The summed E-state index contributed by atoms with van der Waals surface area (Å²) in [5, 5.41) is 0. The van der Waals surface area contributed by atoms with Crippen LogP contribution in [0.2, 0.25) is 0 Å². The Labute approximate surface area is 134 Å². The van der Waals surface area contributed by atoms with Crippen molar-refractivity contribution < 1.29 is 14.3 Å². The maximum atomic E-state index is 12.8. The van der Waals surface area contributed by atoms with Gasteiger partial charge in [-0.15, -0.1) is 0 Å². The predicted molar refractivity (Wildman–Crippen MR) is 89.7 cm³/mol. The fourth-order valence-electron chi connectivity index (χ4n) is 2.38. The van der Waals surface area contributed by atoms with Gasteiger partial charge in [-0.3, -0.25) is 4.79 Å². The summed E-state index contributed by atoms with van der Waals surface area (Å²) in [6.07, 6.45) is 0. The van der Waals surface area contributed by atoms with Crippen molar-refractivity contribution in [3.8, 4) is 11.5 Å². The normalized spacial score (nSPS) is 10.9. The summed E-state index contributed by atoms with van der Waals surface area (Å²) < 4.78 is 10.8. The number of hydrogen-bond donors (Lipinski definition) is 0. The largest absolute Gasteiger partial charge is 0.493 e. The number of carbonyl (C=O) groups is 1. The molecule has 0 aliphatic heterocycles. The molecule has 0 aromatic heterocycles. The molecular formula is C18H29NO3. The summed E-state index contributed by atoms with van der Waals surface area (Å²) in [5.41, 5.74) is 0.640. The first kappa shape index (κ1) is 18.3. The molecule has 0 radical (unpaired) electrons. The van der Waals surface area contributed by atoms with E-state index in [1.54, 1.807) is 19.2 Å². The van der Waals surface area contributed by atoms with Gasteiger partial charge in [0.1, 0.15) is 0 Å². The van der Waals surface area contributed by atoms with Crippen LogP contribution in [0, 0.1) is 11.8 Å². The molecule has 0 aliphatic rings. The number of benzene rings is 1. The van der Waals surface area contributed by atoms with Crippen molar-refractivity contribution in [2.45, 2.75) is 34.6 Å². The van der Waals surface area contributed by atoms with E-state index in [4.69, 9.17) is 9.47 Å². The topological polar surface area (TPSA) is 38.8 Å². The van der Waals surface area contributed by atoms with Crippen molar-refractivity contribution in [3.05, 3.63) is 23.8 Å². The van der Waals surface area contributed by atoms with E-state index in [-0.39, 0.29) is 5.91 Å². The molecule has 4 heteroatoms. The van der Waals surface area contributed by atoms with Crippen LogP contribution in [0.4, 0.5) is 0 Å². The molecule has 124 valence electrons. The smallest absolute Gasteiger partial charge is 0.254 e. The zero-order valence-corrected chi connectivity index (χ0v) is 14.7. The number of rotatable bonds is 8. The molecule has 0 fully saturated rings. The van der Waals surface area contributed by atoms with Gasteiger partial charge in [0.2, 0.25) is 0 Å². The third-order valence-corrected chi connectivity index (χ3v) is 3.17. The average molecular weight is 307 g/mol. The Morgan fingerprint density at radius 2 is 1.68 bits per heavy atom. The standard InChI is InChI=1S/C18H29NO3/c1-7-22-16-9-8-15(10-17(16)21-6)18(20)19(11-13(2)3)12-14(4)5/h8-10,13-14H,7,11-12H2,1-6H3. The molecule has 1 rings (SSSR count). The Kier molecular flexibility index (Phi) is 7.22. The first-order valence-electron chi connectivity index (χ1n) is 7.99. The van der Waals surface area contributed by atoms with Crippen LogP contribution in [0.15, 0.2) is 18.2 Å². The quantitative estimate of drug-likeness (QED) is 0.732. The first-order chi connectivity index (χ1) is 10.4. The SMILES string of the molecule is CCOc1ccc(C(=O)N(CC(C)C)CC(C)C)cc1OC. The fraction of sp³-hybridized carbons (Fsp3) is 0.611. The molecule has 0 bridgehead atoms. The van der Waals surface area contributed by atoms with E-state index in [1.165, 1.54) is 0 Å². The Hall–Kier alpha value is -1.71. The van der Waals surface area contributed by atoms with Gasteiger partial charge < -0.3 is 14.4 Å². The summed E-state index contributed by atoms with van der Waals surface area (Å²) in [6, 6.07) is 5.38. The Morgan fingerprint density at radius 1 is 1.09 bits per heavy atom. The fourth-order valence-corrected chi connectivity index (χ4v) is 2.38. The lowest BCUT2D eigenvalue weighted by Crippen LogP contribution is -2.37. The summed E-state index contributed by atoms with van der Waals surface area (Å²) in [7, 11) is 1.59. The van der Waals surface area contributed by atoms with E-state index in [1.807, 2.05) is 17.9 Å². The molecule has 1 aromatic carbocycles. The summed E-state index contributed by atoms with van der Waals surface area (Å²) >= 11 is 0. The molecule has 0 unspecified atom stereocenters. The maximum Gasteiger partial charge on any atom is 0.254 e. The molecule has 0 aliphatic carbocycles. The molecule has 0 heterocycles.